The summed E-state index contributed by atoms with van der Waals surface area (Å²) >= 11 is 5.92. The van der Waals surface area contributed by atoms with Gasteiger partial charge < -0.3 is 10.1 Å². The van der Waals surface area contributed by atoms with E-state index in [1.807, 2.05) is 0 Å². The Kier molecular flexibility index (Phi) is 3.65. The molecule has 21 heavy (non-hydrogen) atoms. The van der Waals surface area contributed by atoms with Gasteiger partial charge in [0, 0.05) is 24.5 Å². The van der Waals surface area contributed by atoms with Gasteiger partial charge in [0.15, 0.2) is 0 Å². The number of rotatable bonds is 4. The molecule has 1 aromatic carbocycles. The first-order valence-corrected chi connectivity index (χ1v) is 6.48. The van der Waals surface area contributed by atoms with E-state index in [-0.39, 0.29) is 6.01 Å². The van der Waals surface area contributed by atoms with E-state index in [9.17, 15) is 0 Å². The molecule has 0 saturated carbocycles. The standard InChI is InChI=1S/C13H11ClN6O/c1-15-11-17-12(20-6-5-16-8-20)19-13(18-11)21-10-4-2-3-9(14)7-10/h2-8H,1H3,(H,15,17,18,19). The van der Waals surface area contributed by atoms with Gasteiger partial charge in [-0.1, -0.05) is 17.7 Å². The average Bonchev–Trinajstić information content (AvgIpc) is 3.01. The van der Waals surface area contributed by atoms with Gasteiger partial charge in [-0.15, -0.1) is 0 Å². The van der Waals surface area contributed by atoms with Gasteiger partial charge in [-0.2, -0.15) is 15.0 Å². The van der Waals surface area contributed by atoms with Crippen molar-refractivity contribution < 1.29 is 4.74 Å². The highest BCUT2D eigenvalue weighted by Gasteiger charge is 2.09. The first kappa shape index (κ1) is 13.3. The van der Waals surface area contributed by atoms with Gasteiger partial charge >= 0.3 is 6.01 Å². The Labute approximate surface area is 125 Å². The van der Waals surface area contributed by atoms with Gasteiger partial charge in [0.25, 0.3) is 0 Å². The molecular formula is C13H11ClN6O. The van der Waals surface area contributed by atoms with Crippen molar-refractivity contribution in [3.8, 4) is 17.7 Å². The molecule has 0 bridgehead atoms. The molecule has 8 heteroatoms. The van der Waals surface area contributed by atoms with Crippen LogP contribution >= 0.6 is 11.6 Å². The molecule has 0 aliphatic rings. The molecule has 0 aliphatic heterocycles. The zero-order valence-electron chi connectivity index (χ0n) is 11.1. The van der Waals surface area contributed by atoms with E-state index in [4.69, 9.17) is 16.3 Å². The lowest BCUT2D eigenvalue weighted by atomic mass is 10.3. The second kappa shape index (κ2) is 5.76. The minimum Gasteiger partial charge on any atom is -0.424 e. The molecule has 0 unspecified atom stereocenters. The molecule has 2 aromatic heterocycles. The van der Waals surface area contributed by atoms with Crippen LogP contribution in [0.25, 0.3) is 5.95 Å². The van der Waals surface area contributed by atoms with Crippen LogP contribution < -0.4 is 10.1 Å². The van der Waals surface area contributed by atoms with Crippen molar-refractivity contribution in [2.75, 3.05) is 12.4 Å². The quantitative estimate of drug-likeness (QED) is 0.798. The van der Waals surface area contributed by atoms with Gasteiger partial charge in [-0.25, -0.2) is 4.98 Å². The second-order valence-electron chi connectivity index (χ2n) is 4.02. The lowest BCUT2D eigenvalue weighted by Crippen LogP contribution is -2.06. The number of hydrogen-bond donors (Lipinski definition) is 1. The third-order valence-electron chi connectivity index (χ3n) is 2.57. The van der Waals surface area contributed by atoms with Crippen molar-refractivity contribution in [2.45, 2.75) is 0 Å². The molecule has 0 spiro atoms. The zero-order chi connectivity index (χ0) is 14.7. The minimum atomic E-state index is 0.167. The van der Waals surface area contributed by atoms with Gasteiger partial charge in [-0.05, 0) is 18.2 Å². The van der Waals surface area contributed by atoms with Gasteiger partial charge in [-0.3, -0.25) is 4.57 Å². The molecule has 0 saturated heterocycles. The molecule has 2 heterocycles. The summed E-state index contributed by atoms with van der Waals surface area (Å²) in [5.74, 6) is 1.35. The fraction of sp³-hybridized carbons (Fsp3) is 0.0769. The smallest absolute Gasteiger partial charge is 0.328 e. The normalized spacial score (nSPS) is 10.4. The topological polar surface area (TPSA) is 77.8 Å². The van der Waals surface area contributed by atoms with Gasteiger partial charge in [0.05, 0.1) is 0 Å². The number of nitrogens with zero attached hydrogens (tertiary/aromatic N) is 5. The summed E-state index contributed by atoms with van der Waals surface area (Å²) in [6, 6.07) is 7.17. The number of nitrogens with one attached hydrogen (secondary N) is 1. The molecule has 0 atom stereocenters. The van der Waals surface area contributed by atoms with E-state index in [0.29, 0.717) is 22.7 Å². The van der Waals surface area contributed by atoms with Crippen LogP contribution in [0.3, 0.4) is 0 Å². The van der Waals surface area contributed by atoms with E-state index in [1.165, 1.54) is 0 Å². The zero-order valence-corrected chi connectivity index (χ0v) is 11.8. The van der Waals surface area contributed by atoms with E-state index in [0.717, 1.165) is 0 Å². The molecule has 3 aromatic rings. The van der Waals surface area contributed by atoms with Crippen LogP contribution in [0, 0.1) is 0 Å². The van der Waals surface area contributed by atoms with Crippen molar-refractivity contribution in [1.29, 1.82) is 0 Å². The molecular weight excluding hydrogens is 292 g/mol. The number of benzene rings is 1. The number of hydrogen-bond acceptors (Lipinski definition) is 6. The Morgan fingerprint density at radius 3 is 2.86 bits per heavy atom. The number of imidazole rings is 1. The number of aromatic nitrogens is 5. The Balaban J connectivity index is 1.96. The first-order chi connectivity index (χ1) is 10.2. The maximum atomic E-state index is 5.92. The van der Waals surface area contributed by atoms with Crippen molar-refractivity contribution in [1.82, 2.24) is 24.5 Å². The number of halogens is 1. The van der Waals surface area contributed by atoms with Gasteiger partial charge in [0.2, 0.25) is 11.9 Å². The third kappa shape index (κ3) is 3.09. The summed E-state index contributed by atoms with van der Waals surface area (Å²) in [6.07, 6.45) is 4.97. The summed E-state index contributed by atoms with van der Waals surface area (Å²) < 4.78 is 7.28. The van der Waals surface area contributed by atoms with Crippen LogP contribution in [-0.2, 0) is 0 Å². The fourth-order valence-electron chi connectivity index (χ4n) is 1.63. The Hall–Kier alpha value is -2.67. The van der Waals surface area contributed by atoms with E-state index in [2.05, 4.69) is 25.3 Å². The van der Waals surface area contributed by atoms with Crippen LogP contribution in [0.1, 0.15) is 0 Å². The van der Waals surface area contributed by atoms with Crippen molar-refractivity contribution in [3.05, 3.63) is 48.0 Å². The van der Waals surface area contributed by atoms with Crippen LogP contribution in [0.2, 0.25) is 5.02 Å². The van der Waals surface area contributed by atoms with Crippen LogP contribution in [0.15, 0.2) is 43.0 Å². The van der Waals surface area contributed by atoms with Crippen molar-refractivity contribution >= 4 is 17.5 Å². The highest BCUT2D eigenvalue weighted by Crippen LogP contribution is 2.22. The predicted molar refractivity (Wildman–Crippen MR) is 78.0 cm³/mol. The summed E-state index contributed by atoms with van der Waals surface area (Å²) in [4.78, 5) is 16.6. The van der Waals surface area contributed by atoms with E-state index >= 15 is 0 Å². The Morgan fingerprint density at radius 2 is 2.14 bits per heavy atom. The monoisotopic (exact) mass is 302 g/mol. The Bertz CT molecular complexity index is 746. The minimum absolute atomic E-state index is 0.167. The molecule has 1 N–H and O–H groups in total. The van der Waals surface area contributed by atoms with Crippen molar-refractivity contribution in [3.63, 3.8) is 0 Å². The molecule has 0 aliphatic carbocycles. The second-order valence-corrected chi connectivity index (χ2v) is 4.46. The molecule has 0 radical (unpaired) electrons. The molecule has 3 rings (SSSR count). The molecule has 0 fully saturated rings. The SMILES string of the molecule is CNc1nc(Oc2cccc(Cl)c2)nc(-n2ccnc2)n1. The molecule has 106 valence electrons. The molecule has 7 nitrogen and oxygen atoms in total. The predicted octanol–water partition coefficient (Wildman–Crippen LogP) is 2.54. The summed E-state index contributed by atoms with van der Waals surface area (Å²) in [5.41, 5.74) is 0. The van der Waals surface area contributed by atoms with Crippen LogP contribution in [-0.4, -0.2) is 31.6 Å². The van der Waals surface area contributed by atoms with Gasteiger partial charge in [0.1, 0.15) is 12.1 Å². The fourth-order valence-corrected chi connectivity index (χ4v) is 1.81. The average molecular weight is 303 g/mol. The van der Waals surface area contributed by atoms with E-state index < -0.39 is 0 Å². The van der Waals surface area contributed by atoms with E-state index in [1.54, 1.807) is 54.6 Å². The lowest BCUT2D eigenvalue weighted by molar-refractivity contribution is 0.439. The summed E-state index contributed by atoms with van der Waals surface area (Å²) in [6.45, 7) is 0. The van der Waals surface area contributed by atoms with Crippen LogP contribution in [0.5, 0.6) is 11.8 Å². The number of ether oxygens (including phenoxy) is 1. The highest BCUT2D eigenvalue weighted by atomic mass is 35.5. The lowest BCUT2D eigenvalue weighted by Gasteiger charge is -2.08. The summed E-state index contributed by atoms with van der Waals surface area (Å²) in [7, 11) is 1.72. The largest absolute Gasteiger partial charge is 0.424 e. The first-order valence-electron chi connectivity index (χ1n) is 6.10. The summed E-state index contributed by atoms with van der Waals surface area (Å²) in [5, 5.41) is 3.44. The number of anilines is 1. The maximum absolute atomic E-state index is 5.92. The van der Waals surface area contributed by atoms with Crippen LogP contribution in [0.4, 0.5) is 5.95 Å². The Morgan fingerprint density at radius 1 is 1.24 bits per heavy atom. The third-order valence-corrected chi connectivity index (χ3v) is 2.80. The molecule has 0 amide bonds. The maximum Gasteiger partial charge on any atom is 0.328 e. The van der Waals surface area contributed by atoms with Crippen molar-refractivity contribution in [2.24, 2.45) is 0 Å². The highest BCUT2D eigenvalue weighted by molar-refractivity contribution is 6.30.